The second-order valence-corrected chi connectivity index (χ2v) is 32.3. The average Bonchev–Trinajstić information content (AvgIpc) is 1.08. The van der Waals surface area contributed by atoms with E-state index in [0.717, 1.165) is 102 Å². The van der Waals surface area contributed by atoms with Gasteiger partial charge in [-0.1, -0.05) is 363 Å². The highest BCUT2D eigenvalue weighted by molar-refractivity contribution is 7.47. The average molecular weight is 1440 g/mol. The van der Waals surface area contributed by atoms with E-state index in [0.29, 0.717) is 25.7 Å². The van der Waals surface area contributed by atoms with Crippen LogP contribution in [0.25, 0.3) is 0 Å². The van der Waals surface area contributed by atoms with Crippen LogP contribution < -0.4 is 0 Å². The summed E-state index contributed by atoms with van der Waals surface area (Å²) in [6, 6.07) is 0. The quantitative estimate of drug-likeness (QED) is 0.0222. The van der Waals surface area contributed by atoms with Crippen LogP contribution in [-0.4, -0.2) is 96.7 Å². The lowest BCUT2D eigenvalue weighted by Gasteiger charge is -2.21. The predicted octanol–water partition coefficient (Wildman–Crippen LogP) is 23.5. The SMILES string of the molecule is CCCCCCCCCCCCCCC(=O)O[C@H](COC(=O)CCCCCCCCCCCCC)COP(=O)(O)OC[C@H](O)COP(=O)(O)OC[C@@H](COC(=O)CCCCCCCCCCCCCCCC(C)C)OC(=O)CCCCCCCCCCCCCCCCCCC(C)C. The second-order valence-electron chi connectivity index (χ2n) is 29.4. The van der Waals surface area contributed by atoms with Gasteiger partial charge in [0.15, 0.2) is 12.2 Å². The van der Waals surface area contributed by atoms with E-state index in [1.165, 1.54) is 231 Å². The van der Waals surface area contributed by atoms with Crippen molar-refractivity contribution >= 4 is 39.5 Å². The van der Waals surface area contributed by atoms with Crippen molar-refractivity contribution in [1.82, 2.24) is 0 Å². The van der Waals surface area contributed by atoms with Crippen LogP contribution in [0.1, 0.15) is 414 Å². The number of unbranched alkanes of at least 4 members (excludes halogenated alkanes) is 48. The van der Waals surface area contributed by atoms with Gasteiger partial charge in [0, 0.05) is 25.7 Å². The highest BCUT2D eigenvalue weighted by Crippen LogP contribution is 2.45. The van der Waals surface area contributed by atoms with Crippen molar-refractivity contribution in [2.24, 2.45) is 11.8 Å². The van der Waals surface area contributed by atoms with E-state index < -0.39 is 97.5 Å². The molecule has 0 rings (SSSR count). The topological polar surface area (TPSA) is 237 Å². The van der Waals surface area contributed by atoms with E-state index in [4.69, 9.17) is 37.0 Å². The molecule has 0 aliphatic heterocycles. The van der Waals surface area contributed by atoms with Gasteiger partial charge in [0.05, 0.1) is 26.4 Å². The van der Waals surface area contributed by atoms with Crippen molar-refractivity contribution < 1.29 is 80.2 Å². The fourth-order valence-corrected chi connectivity index (χ4v) is 13.8. The van der Waals surface area contributed by atoms with Crippen molar-refractivity contribution in [3.05, 3.63) is 0 Å². The molecule has 0 aromatic carbocycles. The van der Waals surface area contributed by atoms with Gasteiger partial charge in [-0.05, 0) is 37.5 Å². The van der Waals surface area contributed by atoms with Crippen molar-refractivity contribution in [2.75, 3.05) is 39.6 Å². The summed E-state index contributed by atoms with van der Waals surface area (Å²) >= 11 is 0. The van der Waals surface area contributed by atoms with Gasteiger partial charge in [0.2, 0.25) is 0 Å². The number of ether oxygens (including phenoxy) is 4. The molecule has 0 bridgehead atoms. The summed E-state index contributed by atoms with van der Waals surface area (Å²) < 4.78 is 68.6. The van der Waals surface area contributed by atoms with Gasteiger partial charge in [-0.2, -0.15) is 0 Å². The smallest absolute Gasteiger partial charge is 0.462 e. The highest BCUT2D eigenvalue weighted by Gasteiger charge is 2.30. The normalized spacial score (nSPS) is 13.9. The minimum absolute atomic E-state index is 0.108. The van der Waals surface area contributed by atoms with Crippen LogP contribution in [0.4, 0.5) is 0 Å². The Morgan fingerprint density at radius 1 is 0.276 bits per heavy atom. The maximum absolute atomic E-state index is 13.1. The summed E-state index contributed by atoms with van der Waals surface area (Å²) in [5, 5.41) is 10.6. The van der Waals surface area contributed by atoms with E-state index in [-0.39, 0.29) is 25.7 Å². The van der Waals surface area contributed by atoms with Gasteiger partial charge in [0.1, 0.15) is 19.3 Å². The van der Waals surface area contributed by atoms with E-state index >= 15 is 0 Å². The van der Waals surface area contributed by atoms with Crippen molar-refractivity contribution in [1.29, 1.82) is 0 Å². The number of esters is 4. The third-order valence-electron chi connectivity index (χ3n) is 18.5. The Bertz CT molecular complexity index is 1890. The van der Waals surface area contributed by atoms with Crippen molar-refractivity contribution in [3.8, 4) is 0 Å². The molecule has 582 valence electrons. The number of phosphoric acid groups is 2. The maximum atomic E-state index is 13.1. The van der Waals surface area contributed by atoms with Gasteiger partial charge >= 0.3 is 39.5 Å². The standard InChI is InChI=1S/C79H154O17P2/c1-7-9-11-13-15-17-19-32-39-45-51-57-63-78(83)95-74(67-89-76(81)61-55-49-43-37-29-18-16-14-12-10-8-2)69-93-97(85,86)91-65-73(80)66-92-98(87,88)94-70-75(68-90-77(82)62-56-50-44-38-33-28-24-26-31-36-42-48-54-60-72(5)6)96-79(84)64-58-52-46-40-34-27-23-21-20-22-25-30-35-41-47-53-59-71(3)4/h71-75,80H,7-70H2,1-6H3,(H,85,86)(H,87,88)/t73-,74+,75+/m0/s1. The van der Waals surface area contributed by atoms with Crippen LogP contribution >= 0.6 is 15.6 Å². The number of phosphoric ester groups is 2. The van der Waals surface area contributed by atoms with E-state index in [2.05, 4.69) is 41.5 Å². The molecule has 0 aromatic heterocycles. The van der Waals surface area contributed by atoms with Crippen molar-refractivity contribution in [2.45, 2.75) is 432 Å². The Morgan fingerprint density at radius 3 is 0.694 bits per heavy atom. The monoisotopic (exact) mass is 1440 g/mol. The van der Waals surface area contributed by atoms with Gasteiger partial charge in [-0.15, -0.1) is 0 Å². The van der Waals surface area contributed by atoms with Crippen molar-refractivity contribution in [3.63, 3.8) is 0 Å². The molecule has 0 heterocycles. The van der Waals surface area contributed by atoms with Gasteiger partial charge in [0.25, 0.3) is 0 Å². The summed E-state index contributed by atoms with van der Waals surface area (Å²) in [5.74, 6) is -0.509. The number of carbonyl (C=O) groups is 4. The molecule has 3 N–H and O–H groups in total. The largest absolute Gasteiger partial charge is 0.472 e. The first-order valence-corrected chi connectivity index (χ1v) is 44.0. The first-order chi connectivity index (χ1) is 47.4. The molecule has 17 nitrogen and oxygen atoms in total. The number of hydrogen-bond donors (Lipinski definition) is 3. The fraction of sp³-hybridized carbons (Fsp3) is 0.949. The summed E-state index contributed by atoms with van der Waals surface area (Å²) in [4.78, 5) is 72.9. The minimum Gasteiger partial charge on any atom is -0.462 e. The summed E-state index contributed by atoms with van der Waals surface area (Å²) in [6.45, 7) is 9.67. The van der Waals surface area contributed by atoms with Crippen LogP contribution in [0, 0.1) is 11.8 Å². The van der Waals surface area contributed by atoms with Gasteiger partial charge in [-0.3, -0.25) is 37.3 Å². The Hall–Kier alpha value is -1.94. The summed E-state index contributed by atoms with van der Waals surface area (Å²) in [7, 11) is -9.91. The van der Waals surface area contributed by atoms with Crippen LogP contribution in [0.15, 0.2) is 0 Å². The molecule has 0 fully saturated rings. The first kappa shape index (κ1) is 96.1. The van der Waals surface area contributed by atoms with E-state index in [1.807, 2.05) is 0 Å². The molecule has 2 unspecified atom stereocenters. The molecule has 0 amide bonds. The predicted molar refractivity (Wildman–Crippen MR) is 400 cm³/mol. The Morgan fingerprint density at radius 2 is 0.469 bits per heavy atom. The van der Waals surface area contributed by atoms with Gasteiger partial charge < -0.3 is 33.8 Å². The van der Waals surface area contributed by atoms with Gasteiger partial charge in [-0.25, -0.2) is 9.13 Å². The lowest BCUT2D eigenvalue weighted by atomic mass is 10.0. The molecular formula is C79H154O17P2. The van der Waals surface area contributed by atoms with E-state index in [1.54, 1.807) is 0 Å². The van der Waals surface area contributed by atoms with Crippen LogP contribution in [0.3, 0.4) is 0 Å². The second kappa shape index (κ2) is 70.7. The third kappa shape index (κ3) is 72.4. The molecule has 0 saturated carbocycles. The molecule has 0 radical (unpaired) electrons. The number of carbonyl (C=O) groups excluding carboxylic acids is 4. The van der Waals surface area contributed by atoms with Crippen LogP contribution in [0.2, 0.25) is 0 Å². The summed E-state index contributed by atoms with van der Waals surface area (Å²) in [5.41, 5.74) is 0. The molecule has 0 spiro atoms. The van der Waals surface area contributed by atoms with Crippen LogP contribution in [-0.2, 0) is 65.4 Å². The molecule has 0 aromatic rings. The minimum atomic E-state index is -4.96. The Kier molecular flexibility index (Phi) is 69.3. The zero-order valence-corrected chi connectivity index (χ0v) is 65.9. The molecule has 19 heteroatoms. The Labute approximate surface area is 600 Å². The number of hydrogen-bond acceptors (Lipinski definition) is 15. The van der Waals surface area contributed by atoms with E-state index in [9.17, 15) is 43.2 Å². The summed E-state index contributed by atoms with van der Waals surface area (Å²) in [6.07, 6.45) is 59.5. The molecule has 0 aliphatic rings. The molecule has 0 aliphatic carbocycles. The zero-order valence-electron chi connectivity index (χ0n) is 64.1. The lowest BCUT2D eigenvalue weighted by Crippen LogP contribution is -2.30. The first-order valence-electron chi connectivity index (χ1n) is 41.0. The zero-order chi connectivity index (χ0) is 72.1. The molecule has 98 heavy (non-hydrogen) atoms. The van der Waals surface area contributed by atoms with Crippen LogP contribution in [0.5, 0.6) is 0 Å². The number of aliphatic hydroxyl groups is 1. The lowest BCUT2D eigenvalue weighted by molar-refractivity contribution is -0.161. The maximum Gasteiger partial charge on any atom is 0.472 e. The fourth-order valence-electron chi connectivity index (χ4n) is 12.2. The molecule has 0 saturated heterocycles. The Balaban J connectivity index is 5.24. The number of aliphatic hydroxyl groups excluding tert-OH is 1. The highest BCUT2D eigenvalue weighted by atomic mass is 31.2. The number of rotatable bonds is 78. The molecular weight excluding hydrogens is 1280 g/mol. The third-order valence-corrected chi connectivity index (χ3v) is 20.4. The molecule has 5 atom stereocenters.